The van der Waals surface area contributed by atoms with Crippen LogP contribution in [-0.2, 0) is 9.47 Å². The minimum atomic E-state index is -0.367. The van der Waals surface area contributed by atoms with Crippen LogP contribution in [0.15, 0.2) is 18.5 Å². The van der Waals surface area contributed by atoms with E-state index in [1.165, 1.54) is 0 Å². The number of rotatable bonds is 7. The summed E-state index contributed by atoms with van der Waals surface area (Å²) < 4.78 is 17.1. The van der Waals surface area contributed by atoms with Gasteiger partial charge in [0.2, 0.25) is 0 Å². The van der Waals surface area contributed by atoms with E-state index in [0.29, 0.717) is 26.4 Å². The molecular weight excluding hydrogens is 270 g/mol. The molecule has 1 saturated heterocycles. The maximum atomic E-state index is 6.09. The first-order valence-corrected chi connectivity index (χ1v) is 7.51. The quantitative estimate of drug-likeness (QED) is 0.587. The van der Waals surface area contributed by atoms with E-state index in [4.69, 9.17) is 20.1 Å². The van der Waals surface area contributed by atoms with Crippen molar-refractivity contribution < 1.29 is 14.2 Å². The van der Waals surface area contributed by atoms with E-state index < -0.39 is 0 Å². The van der Waals surface area contributed by atoms with Crippen molar-refractivity contribution in [1.29, 1.82) is 0 Å². The molecule has 21 heavy (non-hydrogen) atoms. The van der Waals surface area contributed by atoms with Gasteiger partial charge < -0.3 is 14.2 Å². The minimum Gasteiger partial charge on any atom is -0.492 e. The first-order chi connectivity index (χ1) is 10.3. The van der Waals surface area contributed by atoms with Crippen LogP contribution in [0.3, 0.4) is 0 Å². The molecule has 1 aromatic rings. The second-order valence-corrected chi connectivity index (χ2v) is 5.10. The SMILES string of the molecule is CCOc1cncc(C(NN)C2(OCC)CCOCC2)c1. The van der Waals surface area contributed by atoms with Gasteiger partial charge in [-0.25, -0.2) is 0 Å². The fourth-order valence-electron chi connectivity index (χ4n) is 2.91. The van der Waals surface area contributed by atoms with Crippen molar-refractivity contribution in [3.8, 4) is 5.75 Å². The van der Waals surface area contributed by atoms with Gasteiger partial charge in [0.25, 0.3) is 0 Å². The number of nitrogens with zero attached hydrogens (tertiary/aromatic N) is 1. The molecule has 0 aromatic carbocycles. The lowest BCUT2D eigenvalue weighted by molar-refractivity contribution is -0.128. The molecule has 1 fully saturated rings. The Balaban J connectivity index is 2.29. The van der Waals surface area contributed by atoms with Crippen molar-refractivity contribution in [2.75, 3.05) is 26.4 Å². The fraction of sp³-hybridized carbons (Fsp3) is 0.667. The van der Waals surface area contributed by atoms with Gasteiger partial charge in [-0.2, -0.15) is 0 Å². The third kappa shape index (κ3) is 3.71. The van der Waals surface area contributed by atoms with Crippen LogP contribution in [0.25, 0.3) is 0 Å². The summed E-state index contributed by atoms with van der Waals surface area (Å²) in [6, 6.07) is 1.83. The predicted octanol–water partition coefficient (Wildman–Crippen LogP) is 1.57. The molecule has 3 N–H and O–H groups in total. The van der Waals surface area contributed by atoms with Gasteiger partial charge in [-0.3, -0.25) is 16.3 Å². The first-order valence-electron chi connectivity index (χ1n) is 7.51. The van der Waals surface area contributed by atoms with E-state index in [9.17, 15) is 0 Å². The highest BCUT2D eigenvalue weighted by Gasteiger charge is 2.42. The predicted molar refractivity (Wildman–Crippen MR) is 79.9 cm³/mol. The Morgan fingerprint density at radius 2 is 2.10 bits per heavy atom. The van der Waals surface area contributed by atoms with Crippen molar-refractivity contribution in [3.05, 3.63) is 24.0 Å². The van der Waals surface area contributed by atoms with Gasteiger partial charge in [-0.15, -0.1) is 0 Å². The number of ether oxygens (including phenoxy) is 3. The molecule has 0 aliphatic carbocycles. The summed E-state index contributed by atoms with van der Waals surface area (Å²) >= 11 is 0. The molecule has 1 unspecified atom stereocenters. The third-order valence-electron chi connectivity index (χ3n) is 3.84. The highest BCUT2D eigenvalue weighted by molar-refractivity contribution is 5.28. The molecule has 0 bridgehead atoms. The van der Waals surface area contributed by atoms with Crippen LogP contribution in [0.1, 0.15) is 38.3 Å². The Morgan fingerprint density at radius 3 is 2.71 bits per heavy atom. The van der Waals surface area contributed by atoms with Crippen molar-refractivity contribution in [2.24, 2.45) is 5.84 Å². The van der Waals surface area contributed by atoms with Crippen LogP contribution in [0.5, 0.6) is 5.75 Å². The molecule has 118 valence electrons. The number of hydrogen-bond acceptors (Lipinski definition) is 6. The van der Waals surface area contributed by atoms with Gasteiger partial charge in [0.1, 0.15) is 5.75 Å². The summed E-state index contributed by atoms with van der Waals surface area (Å²) in [6.07, 6.45) is 5.12. The maximum Gasteiger partial charge on any atom is 0.137 e. The van der Waals surface area contributed by atoms with Crippen LogP contribution >= 0.6 is 0 Å². The summed E-state index contributed by atoms with van der Waals surface area (Å²) in [5.74, 6) is 6.58. The van der Waals surface area contributed by atoms with Gasteiger partial charge >= 0.3 is 0 Å². The molecule has 1 aliphatic rings. The maximum absolute atomic E-state index is 6.09. The van der Waals surface area contributed by atoms with Crippen LogP contribution in [0.4, 0.5) is 0 Å². The Kier molecular flexibility index (Phi) is 5.93. The van der Waals surface area contributed by atoms with Crippen LogP contribution < -0.4 is 16.0 Å². The van der Waals surface area contributed by atoms with Crippen molar-refractivity contribution in [1.82, 2.24) is 10.4 Å². The first kappa shape index (κ1) is 16.2. The number of aromatic nitrogens is 1. The van der Waals surface area contributed by atoms with Gasteiger partial charge in [-0.05, 0) is 25.5 Å². The minimum absolute atomic E-state index is 0.144. The summed E-state index contributed by atoms with van der Waals surface area (Å²) in [5.41, 5.74) is 3.51. The Hall–Kier alpha value is -1.21. The number of nitrogens with two attached hydrogens (primary N) is 1. The highest BCUT2D eigenvalue weighted by Crippen LogP contribution is 2.38. The van der Waals surface area contributed by atoms with Gasteiger partial charge in [0, 0.05) is 38.9 Å². The fourth-order valence-corrected chi connectivity index (χ4v) is 2.91. The molecule has 1 aliphatic heterocycles. The Bertz CT molecular complexity index is 430. The van der Waals surface area contributed by atoms with Crippen molar-refractivity contribution >= 4 is 0 Å². The summed E-state index contributed by atoms with van der Waals surface area (Å²) in [5, 5.41) is 0. The third-order valence-corrected chi connectivity index (χ3v) is 3.84. The molecule has 2 rings (SSSR count). The lowest BCUT2D eigenvalue weighted by atomic mass is 9.82. The molecule has 1 aromatic heterocycles. The summed E-state index contributed by atoms with van der Waals surface area (Å²) in [6.45, 7) is 6.55. The largest absolute Gasteiger partial charge is 0.492 e. The monoisotopic (exact) mass is 295 g/mol. The lowest BCUT2D eigenvalue weighted by Crippen LogP contribution is -2.51. The number of nitrogens with one attached hydrogen (secondary N) is 1. The van der Waals surface area contributed by atoms with Gasteiger partial charge in [0.15, 0.2) is 0 Å². The molecule has 0 spiro atoms. The zero-order chi connectivity index (χ0) is 15.1. The van der Waals surface area contributed by atoms with E-state index in [0.717, 1.165) is 24.2 Å². The van der Waals surface area contributed by atoms with Crippen LogP contribution in [-0.4, -0.2) is 37.0 Å². The zero-order valence-corrected chi connectivity index (χ0v) is 12.8. The second kappa shape index (κ2) is 7.70. The van der Waals surface area contributed by atoms with E-state index >= 15 is 0 Å². The molecule has 6 heteroatoms. The topological polar surface area (TPSA) is 78.6 Å². The molecule has 0 amide bonds. The van der Waals surface area contributed by atoms with E-state index in [2.05, 4.69) is 10.4 Å². The molecule has 1 atom stereocenters. The van der Waals surface area contributed by atoms with E-state index in [1.54, 1.807) is 6.20 Å². The summed E-state index contributed by atoms with van der Waals surface area (Å²) in [7, 11) is 0. The average Bonchev–Trinajstić information content (AvgIpc) is 2.50. The standard InChI is InChI=1S/C15H25N3O3/c1-3-20-13-9-12(10-17-11-13)14(18-16)15(21-4-2)5-7-19-8-6-15/h9-11,14,18H,3-8,16H2,1-2H3. The van der Waals surface area contributed by atoms with Crippen molar-refractivity contribution in [2.45, 2.75) is 38.3 Å². The molecule has 0 radical (unpaired) electrons. The number of hydrazine groups is 1. The summed E-state index contributed by atoms with van der Waals surface area (Å²) in [4.78, 5) is 4.25. The lowest BCUT2D eigenvalue weighted by Gasteiger charge is -2.42. The smallest absolute Gasteiger partial charge is 0.137 e. The van der Waals surface area contributed by atoms with E-state index in [-0.39, 0.29) is 11.6 Å². The average molecular weight is 295 g/mol. The normalized spacial score (nSPS) is 19.2. The van der Waals surface area contributed by atoms with Gasteiger partial charge in [0.05, 0.1) is 24.4 Å². The number of pyridine rings is 1. The van der Waals surface area contributed by atoms with E-state index in [1.807, 2.05) is 26.1 Å². The molecule has 6 nitrogen and oxygen atoms in total. The van der Waals surface area contributed by atoms with Crippen molar-refractivity contribution in [3.63, 3.8) is 0 Å². The second-order valence-electron chi connectivity index (χ2n) is 5.10. The zero-order valence-electron chi connectivity index (χ0n) is 12.8. The molecule has 2 heterocycles. The molecule has 0 saturated carbocycles. The Labute approximate surface area is 125 Å². The number of hydrogen-bond donors (Lipinski definition) is 2. The Morgan fingerprint density at radius 1 is 1.33 bits per heavy atom. The highest BCUT2D eigenvalue weighted by atomic mass is 16.5. The van der Waals surface area contributed by atoms with Crippen LogP contribution in [0, 0.1) is 0 Å². The van der Waals surface area contributed by atoms with Gasteiger partial charge in [-0.1, -0.05) is 0 Å². The molecular formula is C15H25N3O3. The van der Waals surface area contributed by atoms with Crippen LogP contribution in [0.2, 0.25) is 0 Å².